The Hall–Kier alpha value is -1.75. The molecule has 0 radical (unpaired) electrons. The van der Waals surface area contributed by atoms with Gasteiger partial charge in [0.1, 0.15) is 5.60 Å². The molecule has 1 unspecified atom stereocenters. The Morgan fingerprint density at radius 1 is 1.10 bits per heavy atom. The lowest BCUT2D eigenvalue weighted by molar-refractivity contribution is -0.134. The van der Waals surface area contributed by atoms with Gasteiger partial charge in [-0.1, -0.05) is 24.6 Å². The summed E-state index contributed by atoms with van der Waals surface area (Å²) in [5.41, 5.74) is 1.98. The fourth-order valence-electron chi connectivity index (χ4n) is 4.72. The van der Waals surface area contributed by atoms with Crippen LogP contribution in [0.25, 0.3) is 0 Å². The van der Waals surface area contributed by atoms with E-state index in [1.54, 1.807) is 0 Å². The van der Waals surface area contributed by atoms with Crippen LogP contribution in [0.5, 0.6) is 0 Å². The lowest BCUT2D eigenvalue weighted by Gasteiger charge is -2.34. The molecule has 0 aromatic heterocycles. The first-order chi connectivity index (χ1) is 14.7. The fraction of sp³-hybridized carbons (Fsp3) is 0.680. The third kappa shape index (κ3) is 6.38. The molecule has 0 saturated carbocycles. The second-order valence-corrected chi connectivity index (χ2v) is 10.4. The zero-order valence-electron chi connectivity index (χ0n) is 19.5. The van der Waals surface area contributed by atoms with Crippen molar-refractivity contribution in [2.75, 3.05) is 26.2 Å². The maximum atomic E-state index is 13.0. The first kappa shape index (κ1) is 23.9. The predicted molar refractivity (Wildman–Crippen MR) is 125 cm³/mol. The van der Waals surface area contributed by atoms with Crippen molar-refractivity contribution in [1.29, 1.82) is 0 Å². The summed E-state index contributed by atoms with van der Waals surface area (Å²) in [6.45, 7) is 10.9. The molecule has 2 aliphatic rings. The molecule has 1 aromatic rings. The molecule has 2 aliphatic heterocycles. The molecule has 0 bridgehead atoms. The number of nitrogens with zero attached hydrogens (tertiary/aromatic N) is 2. The number of carbonyl (C=O) groups is 2. The Morgan fingerprint density at radius 3 is 2.32 bits per heavy atom. The summed E-state index contributed by atoms with van der Waals surface area (Å²) in [7, 11) is 0. The molecule has 31 heavy (non-hydrogen) atoms. The van der Waals surface area contributed by atoms with Crippen molar-refractivity contribution in [3.63, 3.8) is 0 Å². The van der Waals surface area contributed by atoms with Gasteiger partial charge in [-0.25, -0.2) is 4.79 Å². The minimum atomic E-state index is -0.478. The van der Waals surface area contributed by atoms with Crippen molar-refractivity contribution in [3.8, 4) is 0 Å². The summed E-state index contributed by atoms with van der Waals surface area (Å²) in [6, 6.07) is 6.11. The van der Waals surface area contributed by atoms with Crippen LogP contribution in [0.1, 0.15) is 76.8 Å². The maximum absolute atomic E-state index is 13.0. The molecule has 3 rings (SSSR count). The fourth-order valence-corrected chi connectivity index (χ4v) is 4.91. The number of amides is 2. The normalized spacial score (nSPS) is 18.9. The zero-order valence-corrected chi connectivity index (χ0v) is 20.2. The molecule has 0 aliphatic carbocycles. The van der Waals surface area contributed by atoms with Crippen molar-refractivity contribution in [3.05, 3.63) is 34.3 Å². The summed E-state index contributed by atoms with van der Waals surface area (Å²) >= 11 is 6.35. The Balaban J connectivity index is 1.69. The lowest BCUT2D eigenvalue weighted by Crippen LogP contribution is -2.41. The predicted octanol–water partition coefficient (Wildman–Crippen LogP) is 5.65. The van der Waals surface area contributed by atoms with Gasteiger partial charge in [0.05, 0.1) is 0 Å². The topological polar surface area (TPSA) is 49.9 Å². The van der Waals surface area contributed by atoms with E-state index in [9.17, 15) is 9.59 Å². The van der Waals surface area contributed by atoms with Gasteiger partial charge in [0.15, 0.2) is 0 Å². The molecule has 6 heteroatoms. The van der Waals surface area contributed by atoms with Crippen molar-refractivity contribution in [2.45, 2.75) is 77.7 Å². The molecule has 5 nitrogen and oxygen atoms in total. The van der Waals surface area contributed by atoms with Crippen LogP contribution in [0.3, 0.4) is 0 Å². The highest BCUT2D eigenvalue weighted by molar-refractivity contribution is 6.30. The van der Waals surface area contributed by atoms with Gasteiger partial charge in [-0.05, 0) is 88.5 Å². The zero-order chi connectivity index (χ0) is 22.6. The standard InChI is InChI=1S/C25H37ClN2O3/c1-5-18(23(29)27-12-6-7-13-27)16-20-17-21(26)8-9-22(20)19-10-14-28(15-11-19)24(30)31-25(2,3)4/h8-9,17-19H,5-7,10-16H2,1-4H3. The van der Waals surface area contributed by atoms with Crippen LogP contribution in [0.2, 0.25) is 5.02 Å². The summed E-state index contributed by atoms with van der Waals surface area (Å²) < 4.78 is 5.53. The minimum Gasteiger partial charge on any atom is -0.444 e. The second-order valence-electron chi connectivity index (χ2n) is 9.93. The summed E-state index contributed by atoms with van der Waals surface area (Å²) in [5, 5.41) is 0.716. The van der Waals surface area contributed by atoms with Gasteiger partial charge >= 0.3 is 6.09 Å². The monoisotopic (exact) mass is 448 g/mol. The average Bonchev–Trinajstić information content (AvgIpc) is 3.25. The molecule has 2 fully saturated rings. The van der Waals surface area contributed by atoms with Gasteiger partial charge in [0.2, 0.25) is 5.91 Å². The van der Waals surface area contributed by atoms with Crippen LogP contribution >= 0.6 is 11.6 Å². The Bertz CT molecular complexity index is 775. The number of rotatable bonds is 5. The third-order valence-electron chi connectivity index (χ3n) is 6.42. The highest BCUT2D eigenvalue weighted by atomic mass is 35.5. The Kier molecular flexibility index (Phi) is 7.90. The largest absolute Gasteiger partial charge is 0.444 e. The van der Waals surface area contributed by atoms with E-state index in [1.165, 1.54) is 11.1 Å². The van der Waals surface area contributed by atoms with Crippen LogP contribution < -0.4 is 0 Å². The summed E-state index contributed by atoms with van der Waals surface area (Å²) in [5.74, 6) is 0.646. The van der Waals surface area contributed by atoms with E-state index in [4.69, 9.17) is 16.3 Å². The number of benzene rings is 1. The molecule has 0 spiro atoms. The number of ether oxygens (including phenoxy) is 1. The van der Waals surface area contributed by atoms with Gasteiger partial charge in [0, 0.05) is 37.1 Å². The molecule has 2 saturated heterocycles. The first-order valence-corrected chi connectivity index (χ1v) is 12.1. The van der Waals surface area contributed by atoms with Crippen molar-refractivity contribution in [2.24, 2.45) is 5.92 Å². The van der Waals surface area contributed by atoms with E-state index in [0.29, 0.717) is 24.0 Å². The number of hydrogen-bond donors (Lipinski definition) is 0. The third-order valence-corrected chi connectivity index (χ3v) is 6.65. The SMILES string of the molecule is CCC(Cc1cc(Cl)ccc1C1CCN(C(=O)OC(C)(C)C)CC1)C(=O)N1CCCC1. The number of likely N-dealkylation sites (tertiary alicyclic amines) is 2. The molecule has 172 valence electrons. The van der Waals surface area contributed by atoms with Crippen LogP contribution in [-0.4, -0.2) is 53.6 Å². The van der Waals surface area contributed by atoms with Crippen molar-refractivity contribution >= 4 is 23.6 Å². The smallest absolute Gasteiger partial charge is 0.410 e. The van der Waals surface area contributed by atoms with E-state index >= 15 is 0 Å². The van der Waals surface area contributed by atoms with Crippen LogP contribution in [0.15, 0.2) is 18.2 Å². The van der Waals surface area contributed by atoms with Crippen molar-refractivity contribution < 1.29 is 14.3 Å². The van der Waals surface area contributed by atoms with Crippen LogP contribution in [-0.2, 0) is 16.0 Å². The average molecular weight is 449 g/mol. The van der Waals surface area contributed by atoms with Crippen LogP contribution in [0, 0.1) is 5.92 Å². The van der Waals surface area contributed by atoms with Gasteiger partial charge in [-0.3, -0.25) is 4.79 Å². The molecule has 1 aromatic carbocycles. The van der Waals surface area contributed by atoms with E-state index < -0.39 is 5.60 Å². The highest BCUT2D eigenvalue weighted by Crippen LogP contribution is 2.34. The molecule has 0 N–H and O–H groups in total. The highest BCUT2D eigenvalue weighted by Gasteiger charge is 2.30. The van der Waals surface area contributed by atoms with Gasteiger partial charge < -0.3 is 14.5 Å². The summed E-state index contributed by atoms with van der Waals surface area (Å²) in [4.78, 5) is 29.3. The van der Waals surface area contributed by atoms with Gasteiger partial charge in [-0.15, -0.1) is 0 Å². The minimum absolute atomic E-state index is 0.00262. The van der Waals surface area contributed by atoms with Gasteiger partial charge in [-0.2, -0.15) is 0 Å². The van der Waals surface area contributed by atoms with E-state index in [1.807, 2.05) is 42.7 Å². The maximum Gasteiger partial charge on any atom is 0.410 e. The number of halogens is 1. The van der Waals surface area contributed by atoms with Crippen LogP contribution in [0.4, 0.5) is 4.79 Å². The van der Waals surface area contributed by atoms with E-state index in [2.05, 4.69) is 13.0 Å². The number of hydrogen-bond acceptors (Lipinski definition) is 3. The number of carbonyl (C=O) groups excluding carboxylic acids is 2. The quantitative estimate of drug-likeness (QED) is 0.585. The number of piperidine rings is 1. The van der Waals surface area contributed by atoms with Gasteiger partial charge in [0.25, 0.3) is 0 Å². The van der Waals surface area contributed by atoms with Crippen molar-refractivity contribution in [1.82, 2.24) is 9.80 Å². The molecular formula is C25H37ClN2O3. The summed E-state index contributed by atoms with van der Waals surface area (Å²) in [6.07, 6.45) is 5.34. The molecule has 2 amide bonds. The Morgan fingerprint density at radius 2 is 1.74 bits per heavy atom. The molecular weight excluding hydrogens is 412 g/mol. The van der Waals surface area contributed by atoms with E-state index in [0.717, 1.165) is 51.6 Å². The molecule has 1 atom stereocenters. The second kappa shape index (κ2) is 10.2. The Labute approximate surface area is 192 Å². The lowest BCUT2D eigenvalue weighted by atomic mass is 9.83. The molecule has 2 heterocycles. The first-order valence-electron chi connectivity index (χ1n) is 11.7. The van der Waals surface area contributed by atoms with E-state index in [-0.39, 0.29) is 17.9 Å².